The summed E-state index contributed by atoms with van der Waals surface area (Å²) in [4.78, 5) is 34.3. The fourth-order valence-electron chi connectivity index (χ4n) is 4.11. The first kappa shape index (κ1) is 22.2. The molecule has 0 bridgehead atoms. The highest BCUT2D eigenvalue weighted by molar-refractivity contribution is 5.93. The van der Waals surface area contributed by atoms with E-state index >= 15 is 0 Å². The Bertz CT molecular complexity index is 1100. The van der Waals surface area contributed by atoms with E-state index in [4.69, 9.17) is 0 Å². The maximum Gasteiger partial charge on any atom is 0.270 e. The minimum atomic E-state index is -0.354. The molecule has 4 rings (SSSR count). The van der Waals surface area contributed by atoms with Crippen LogP contribution in [-0.2, 0) is 6.54 Å². The molecule has 1 aliphatic heterocycles. The number of hydrogen-bond donors (Lipinski definition) is 1. The van der Waals surface area contributed by atoms with E-state index in [1.807, 2.05) is 13.0 Å². The van der Waals surface area contributed by atoms with Crippen LogP contribution in [0.5, 0.6) is 0 Å². The average molecular weight is 434 g/mol. The molecule has 32 heavy (non-hydrogen) atoms. The fourth-order valence-corrected chi connectivity index (χ4v) is 4.11. The maximum absolute atomic E-state index is 12.6. The van der Waals surface area contributed by atoms with E-state index in [1.54, 1.807) is 12.3 Å². The molecule has 0 unspecified atom stereocenters. The number of carbonyl (C=O) groups excluding carboxylic acids is 1. The van der Waals surface area contributed by atoms with Crippen LogP contribution in [-0.4, -0.2) is 64.4 Å². The van der Waals surface area contributed by atoms with Gasteiger partial charge in [-0.3, -0.25) is 18.9 Å². The number of nitrogens with one attached hydrogen (secondary N) is 1. The first-order valence-electron chi connectivity index (χ1n) is 11.3. The molecule has 7 nitrogen and oxygen atoms in total. The quantitative estimate of drug-likeness (QED) is 0.552. The van der Waals surface area contributed by atoms with Crippen molar-refractivity contribution in [2.45, 2.75) is 26.3 Å². The number of fused-ring (bicyclic) bond motifs is 1. The van der Waals surface area contributed by atoms with Gasteiger partial charge in [0.1, 0.15) is 11.2 Å². The number of aromatic nitrogens is 2. The van der Waals surface area contributed by atoms with Gasteiger partial charge < -0.3 is 10.2 Å². The summed E-state index contributed by atoms with van der Waals surface area (Å²) in [5, 5.41) is 2.87. The van der Waals surface area contributed by atoms with E-state index in [0.717, 1.165) is 57.7 Å². The summed E-state index contributed by atoms with van der Waals surface area (Å²) in [6, 6.07) is 14.3. The van der Waals surface area contributed by atoms with Crippen molar-refractivity contribution in [3.8, 4) is 0 Å². The first-order valence-corrected chi connectivity index (χ1v) is 11.3. The highest BCUT2D eigenvalue weighted by Crippen LogP contribution is 2.09. The Morgan fingerprint density at radius 2 is 1.75 bits per heavy atom. The Morgan fingerprint density at radius 3 is 2.53 bits per heavy atom. The highest BCUT2D eigenvalue weighted by Gasteiger charge is 2.17. The van der Waals surface area contributed by atoms with Gasteiger partial charge in [-0.15, -0.1) is 0 Å². The van der Waals surface area contributed by atoms with Gasteiger partial charge in [-0.1, -0.05) is 36.4 Å². The van der Waals surface area contributed by atoms with Gasteiger partial charge in [0.25, 0.3) is 11.5 Å². The lowest BCUT2D eigenvalue weighted by atomic mass is 10.2. The monoisotopic (exact) mass is 433 g/mol. The molecule has 0 saturated carbocycles. The van der Waals surface area contributed by atoms with Crippen LogP contribution >= 0.6 is 0 Å². The number of rotatable bonds is 8. The number of nitrogens with zero attached hydrogens (tertiary/aromatic N) is 4. The largest absolute Gasteiger partial charge is 0.352 e. The van der Waals surface area contributed by atoms with E-state index in [9.17, 15) is 9.59 Å². The Balaban J connectivity index is 1.16. The van der Waals surface area contributed by atoms with Crippen molar-refractivity contribution in [3.63, 3.8) is 0 Å². The van der Waals surface area contributed by atoms with Crippen LogP contribution in [0, 0.1) is 6.92 Å². The Kier molecular flexibility index (Phi) is 7.29. The van der Waals surface area contributed by atoms with E-state index in [2.05, 4.69) is 50.4 Å². The number of carbonyl (C=O) groups is 1. The molecular formula is C25H31N5O2. The predicted octanol–water partition coefficient (Wildman–Crippen LogP) is 2.33. The van der Waals surface area contributed by atoms with Gasteiger partial charge in [0.05, 0.1) is 0 Å². The second-order valence-electron chi connectivity index (χ2n) is 8.48. The van der Waals surface area contributed by atoms with Crippen molar-refractivity contribution in [2.75, 3.05) is 39.3 Å². The molecule has 1 N–H and O–H groups in total. The van der Waals surface area contributed by atoms with Gasteiger partial charge in [-0.25, -0.2) is 4.98 Å². The predicted molar refractivity (Wildman–Crippen MR) is 126 cm³/mol. The van der Waals surface area contributed by atoms with Crippen molar-refractivity contribution in [1.29, 1.82) is 0 Å². The summed E-state index contributed by atoms with van der Waals surface area (Å²) in [6.45, 7) is 8.85. The first-order chi connectivity index (χ1) is 15.6. The molecule has 1 aromatic carbocycles. The molecule has 1 aliphatic rings. The minimum Gasteiger partial charge on any atom is -0.352 e. The number of hydrogen-bond acceptors (Lipinski definition) is 5. The third-order valence-corrected chi connectivity index (χ3v) is 6.00. The lowest BCUT2D eigenvalue weighted by Gasteiger charge is -2.34. The second kappa shape index (κ2) is 10.5. The Labute approximate surface area is 188 Å². The third kappa shape index (κ3) is 5.60. The Morgan fingerprint density at radius 1 is 1.00 bits per heavy atom. The number of piperazine rings is 1. The SMILES string of the molecule is Cc1ccc2ncc(C(=O)NCCCCN3CCN(Cc4ccccc4)CC3)c(=O)n2c1. The van der Waals surface area contributed by atoms with Crippen molar-refractivity contribution in [1.82, 2.24) is 24.5 Å². The maximum atomic E-state index is 12.6. The van der Waals surface area contributed by atoms with E-state index in [-0.39, 0.29) is 17.0 Å². The Hall–Kier alpha value is -3.03. The number of pyridine rings is 1. The van der Waals surface area contributed by atoms with Crippen LogP contribution in [0.2, 0.25) is 0 Å². The third-order valence-electron chi connectivity index (χ3n) is 6.00. The number of amides is 1. The van der Waals surface area contributed by atoms with Crippen LogP contribution in [0.4, 0.5) is 0 Å². The molecule has 0 radical (unpaired) electrons. The molecule has 0 aliphatic carbocycles. The normalized spacial score (nSPS) is 15.2. The van der Waals surface area contributed by atoms with Crippen LogP contribution in [0.15, 0.2) is 59.7 Å². The number of aryl methyl sites for hydroxylation is 1. The molecule has 7 heteroatoms. The topological polar surface area (TPSA) is 70.0 Å². The van der Waals surface area contributed by atoms with Crippen LogP contribution in [0.1, 0.15) is 34.3 Å². The van der Waals surface area contributed by atoms with Crippen molar-refractivity contribution in [3.05, 3.63) is 81.9 Å². The minimum absolute atomic E-state index is 0.0858. The highest BCUT2D eigenvalue weighted by atomic mass is 16.2. The van der Waals surface area contributed by atoms with E-state index in [0.29, 0.717) is 12.2 Å². The fraction of sp³-hybridized carbons (Fsp3) is 0.400. The summed E-state index contributed by atoms with van der Waals surface area (Å²) in [6.07, 6.45) is 4.99. The molecule has 0 atom stereocenters. The zero-order valence-corrected chi connectivity index (χ0v) is 18.7. The zero-order valence-electron chi connectivity index (χ0n) is 18.7. The van der Waals surface area contributed by atoms with Crippen molar-refractivity contribution in [2.24, 2.45) is 0 Å². The molecular weight excluding hydrogens is 402 g/mol. The van der Waals surface area contributed by atoms with Gasteiger partial charge >= 0.3 is 0 Å². The summed E-state index contributed by atoms with van der Waals surface area (Å²) < 4.78 is 1.43. The van der Waals surface area contributed by atoms with Crippen LogP contribution < -0.4 is 10.9 Å². The zero-order chi connectivity index (χ0) is 22.3. The van der Waals surface area contributed by atoms with Crippen molar-refractivity contribution >= 4 is 11.6 Å². The smallest absolute Gasteiger partial charge is 0.270 e. The van der Waals surface area contributed by atoms with E-state index in [1.165, 1.54) is 16.2 Å². The van der Waals surface area contributed by atoms with Gasteiger partial charge in [0.15, 0.2) is 0 Å². The molecule has 1 amide bonds. The number of benzene rings is 1. The summed E-state index contributed by atoms with van der Waals surface area (Å²) in [7, 11) is 0. The molecule has 3 aromatic rings. The van der Waals surface area contributed by atoms with Crippen LogP contribution in [0.25, 0.3) is 5.65 Å². The molecule has 3 heterocycles. The molecule has 1 saturated heterocycles. The van der Waals surface area contributed by atoms with Crippen molar-refractivity contribution < 1.29 is 4.79 Å². The standard InChI is InChI=1S/C25H31N5O2/c1-20-9-10-23-27-17-22(25(32)30(23)18-20)24(31)26-11-5-6-12-28-13-15-29(16-14-28)19-21-7-3-2-4-8-21/h2-4,7-10,17-18H,5-6,11-16,19H2,1H3,(H,26,31). The lowest BCUT2D eigenvalue weighted by Crippen LogP contribution is -2.46. The van der Waals surface area contributed by atoms with Gasteiger partial charge in [-0.05, 0) is 43.5 Å². The average Bonchev–Trinajstić information content (AvgIpc) is 2.81. The molecule has 2 aromatic heterocycles. The summed E-state index contributed by atoms with van der Waals surface area (Å²) in [5.74, 6) is -0.354. The number of unbranched alkanes of at least 4 members (excludes halogenated alkanes) is 1. The molecule has 168 valence electrons. The van der Waals surface area contributed by atoms with Crippen LogP contribution in [0.3, 0.4) is 0 Å². The summed E-state index contributed by atoms with van der Waals surface area (Å²) in [5.41, 5.74) is 2.61. The van der Waals surface area contributed by atoms with Gasteiger partial charge in [-0.2, -0.15) is 0 Å². The van der Waals surface area contributed by atoms with E-state index < -0.39 is 0 Å². The second-order valence-corrected chi connectivity index (χ2v) is 8.48. The molecule has 1 fully saturated rings. The molecule has 0 spiro atoms. The lowest BCUT2D eigenvalue weighted by molar-refractivity contribution is 0.0949. The van der Waals surface area contributed by atoms with Gasteiger partial charge in [0.2, 0.25) is 0 Å². The summed E-state index contributed by atoms with van der Waals surface area (Å²) >= 11 is 0. The van der Waals surface area contributed by atoms with Gasteiger partial charge in [0, 0.05) is 51.7 Å².